The van der Waals surface area contributed by atoms with Gasteiger partial charge in [-0.3, -0.25) is 0 Å². The lowest BCUT2D eigenvalue weighted by Gasteiger charge is -2.12. The Morgan fingerprint density at radius 3 is 2.48 bits per heavy atom. The Hall–Kier alpha value is -0.330. The summed E-state index contributed by atoms with van der Waals surface area (Å²) in [5.41, 5.74) is 0.592. The molecule has 0 aliphatic heterocycles. The van der Waals surface area contributed by atoms with E-state index < -0.39 is 10.0 Å². The summed E-state index contributed by atoms with van der Waals surface area (Å²) in [6.45, 7) is 2.95. The zero-order chi connectivity index (χ0) is 15.9. The van der Waals surface area contributed by atoms with Crippen molar-refractivity contribution in [2.24, 2.45) is 0 Å². The Morgan fingerprint density at radius 1 is 1.14 bits per heavy atom. The van der Waals surface area contributed by atoms with Gasteiger partial charge in [-0.05, 0) is 25.6 Å². The predicted octanol–water partition coefficient (Wildman–Crippen LogP) is 3.57. The lowest BCUT2D eigenvalue weighted by Crippen LogP contribution is -2.25. The van der Waals surface area contributed by atoms with Gasteiger partial charge in [0.1, 0.15) is 4.90 Å². The summed E-state index contributed by atoms with van der Waals surface area (Å²) in [4.78, 5) is 0.0781. The molecule has 1 aromatic carbocycles. The van der Waals surface area contributed by atoms with Crippen LogP contribution in [0.4, 0.5) is 0 Å². The van der Waals surface area contributed by atoms with E-state index >= 15 is 0 Å². The molecule has 4 nitrogen and oxygen atoms in total. The van der Waals surface area contributed by atoms with Crippen LogP contribution in [-0.2, 0) is 16.6 Å². The van der Waals surface area contributed by atoms with E-state index in [0.717, 1.165) is 25.7 Å². The first-order valence-corrected chi connectivity index (χ1v) is 9.29. The van der Waals surface area contributed by atoms with Gasteiger partial charge in [0.25, 0.3) is 0 Å². The summed E-state index contributed by atoms with van der Waals surface area (Å²) in [6.07, 6.45) is 4.05. The van der Waals surface area contributed by atoms with Crippen LogP contribution < -0.4 is 10.0 Å². The summed E-state index contributed by atoms with van der Waals surface area (Å²) in [7, 11) is -1.85. The molecule has 0 heterocycles. The van der Waals surface area contributed by atoms with Gasteiger partial charge in [0.2, 0.25) is 10.0 Å². The monoisotopic (exact) mass is 352 g/mol. The van der Waals surface area contributed by atoms with Crippen LogP contribution in [0, 0.1) is 0 Å². The molecule has 0 unspecified atom stereocenters. The lowest BCUT2D eigenvalue weighted by atomic mass is 10.2. The van der Waals surface area contributed by atoms with Gasteiger partial charge in [0, 0.05) is 23.7 Å². The molecule has 2 N–H and O–H groups in total. The number of unbranched alkanes of at least 4 members (excludes halogenated alkanes) is 3. The molecule has 0 saturated carbocycles. The highest BCUT2D eigenvalue weighted by Crippen LogP contribution is 2.30. The largest absolute Gasteiger partial charge is 0.316 e. The van der Waals surface area contributed by atoms with Crippen molar-refractivity contribution < 1.29 is 8.42 Å². The van der Waals surface area contributed by atoms with Crippen LogP contribution in [0.15, 0.2) is 17.0 Å². The zero-order valence-electron chi connectivity index (χ0n) is 12.4. The van der Waals surface area contributed by atoms with Crippen molar-refractivity contribution in [3.8, 4) is 0 Å². The summed E-state index contributed by atoms with van der Waals surface area (Å²) in [5.74, 6) is 0. The molecule has 0 bridgehead atoms. The Balaban J connectivity index is 2.86. The zero-order valence-corrected chi connectivity index (χ0v) is 14.7. The molecule has 1 aromatic rings. The first kappa shape index (κ1) is 18.7. The highest BCUT2D eigenvalue weighted by atomic mass is 35.5. The predicted molar refractivity (Wildman–Crippen MR) is 88.6 cm³/mol. The van der Waals surface area contributed by atoms with Crippen molar-refractivity contribution in [1.82, 2.24) is 10.0 Å². The highest BCUT2D eigenvalue weighted by molar-refractivity contribution is 7.89. The van der Waals surface area contributed by atoms with Crippen LogP contribution in [0.25, 0.3) is 0 Å². The molecule has 21 heavy (non-hydrogen) atoms. The van der Waals surface area contributed by atoms with Crippen LogP contribution in [0.1, 0.15) is 38.2 Å². The second-order valence-electron chi connectivity index (χ2n) is 4.83. The van der Waals surface area contributed by atoms with Crippen LogP contribution in [-0.4, -0.2) is 22.0 Å². The molecule has 120 valence electrons. The van der Waals surface area contributed by atoms with Crippen LogP contribution in [0.3, 0.4) is 0 Å². The molecule has 0 amide bonds. The number of rotatable bonds is 9. The van der Waals surface area contributed by atoms with Crippen molar-refractivity contribution >= 4 is 33.2 Å². The minimum atomic E-state index is -3.60. The van der Waals surface area contributed by atoms with E-state index in [0.29, 0.717) is 23.7 Å². The van der Waals surface area contributed by atoms with Gasteiger partial charge in [-0.2, -0.15) is 0 Å². The summed E-state index contributed by atoms with van der Waals surface area (Å²) in [6, 6.07) is 3.00. The quantitative estimate of drug-likeness (QED) is 0.668. The second kappa shape index (κ2) is 8.96. The maximum atomic E-state index is 12.3. The maximum Gasteiger partial charge on any atom is 0.242 e. The third-order valence-electron chi connectivity index (χ3n) is 3.12. The molecule has 0 aliphatic carbocycles. The normalized spacial score (nSPS) is 11.8. The molecule has 1 rings (SSSR count). The van der Waals surface area contributed by atoms with Crippen molar-refractivity contribution in [1.29, 1.82) is 0 Å². The molecular formula is C14H22Cl2N2O2S. The first-order valence-electron chi connectivity index (χ1n) is 7.05. The molecule has 0 aromatic heterocycles. The Labute approximate surface area is 137 Å². The molecule has 0 saturated heterocycles. The van der Waals surface area contributed by atoms with Crippen LogP contribution in [0.5, 0.6) is 0 Å². The minimum absolute atomic E-state index is 0.0781. The molecule has 0 spiro atoms. The smallest absolute Gasteiger partial charge is 0.242 e. The Morgan fingerprint density at radius 2 is 1.86 bits per heavy atom. The maximum absolute atomic E-state index is 12.3. The van der Waals surface area contributed by atoms with E-state index in [1.165, 1.54) is 6.07 Å². The standard InChI is InChI=1S/C14H22Cl2N2O2S/c1-3-4-5-6-9-18-21(19,20)13-8-7-12(15)11(10-17-2)14(13)16/h7-8,17-18H,3-6,9-10H2,1-2H3. The fourth-order valence-electron chi connectivity index (χ4n) is 1.96. The van der Waals surface area contributed by atoms with Gasteiger partial charge in [-0.1, -0.05) is 49.4 Å². The number of hydrogen-bond donors (Lipinski definition) is 2. The van der Waals surface area contributed by atoms with Crippen molar-refractivity contribution in [2.75, 3.05) is 13.6 Å². The lowest BCUT2D eigenvalue weighted by molar-refractivity contribution is 0.573. The summed E-state index contributed by atoms with van der Waals surface area (Å²) in [5, 5.41) is 3.56. The van der Waals surface area contributed by atoms with E-state index in [2.05, 4.69) is 17.0 Å². The minimum Gasteiger partial charge on any atom is -0.316 e. The average Bonchev–Trinajstić information content (AvgIpc) is 2.42. The van der Waals surface area contributed by atoms with Crippen LogP contribution in [0.2, 0.25) is 10.0 Å². The van der Waals surface area contributed by atoms with Crippen molar-refractivity contribution in [2.45, 2.75) is 44.0 Å². The van der Waals surface area contributed by atoms with E-state index in [-0.39, 0.29) is 9.92 Å². The number of sulfonamides is 1. The first-order chi connectivity index (χ1) is 9.94. The third kappa shape index (κ3) is 5.42. The SMILES string of the molecule is CCCCCCNS(=O)(=O)c1ccc(Cl)c(CNC)c1Cl. The van der Waals surface area contributed by atoms with E-state index in [4.69, 9.17) is 23.2 Å². The van der Waals surface area contributed by atoms with Gasteiger partial charge in [0.05, 0.1) is 5.02 Å². The number of benzene rings is 1. The molecule has 0 radical (unpaired) electrons. The van der Waals surface area contributed by atoms with E-state index in [1.54, 1.807) is 13.1 Å². The highest BCUT2D eigenvalue weighted by Gasteiger charge is 2.20. The van der Waals surface area contributed by atoms with Gasteiger partial charge in [-0.25, -0.2) is 13.1 Å². The second-order valence-corrected chi connectivity index (χ2v) is 7.35. The summed E-state index contributed by atoms with van der Waals surface area (Å²) < 4.78 is 27.2. The number of hydrogen-bond acceptors (Lipinski definition) is 3. The van der Waals surface area contributed by atoms with Gasteiger partial charge in [0.15, 0.2) is 0 Å². The molecular weight excluding hydrogens is 331 g/mol. The van der Waals surface area contributed by atoms with Gasteiger partial charge in [-0.15, -0.1) is 0 Å². The Bertz CT molecular complexity index is 562. The van der Waals surface area contributed by atoms with Crippen molar-refractivity contribution in [3.05, 3.63) is 27.7 Å². The van der Waals surface area contributed by atoms with Crippen molar-refractivity contribution in [3.63, 3.8) is 0 Å². The van der Waals surface area contributed by atoms with E-state index in [1.807, 2.05) is 0 Å². The van der Waals surface area contributed by atoms with Crippen LogP contribution >= 0.6 is 23.2 Å². The molecule has 0 atom stereocenters. The van der Waals surface area contributed by atoms with Gasteiger partial charge < -0.3 is 5.32 Å². The number of halogens is 2. The molecule has 0 fully saturated rings. The molecule has 0 aliphatic rings. The third-order valence-corrected chi connectivity index (χ3v) is 5.52. The number of nitrogens with one attached hydrogen (secondary N) is 2. The fraction of sp³-hybridized carbons (Fsp3) is 0.571. The topological polar surface area (TPSA) is 58.2 Å². The molecule has 7 heteroatoms. The summed E-state index contributed by atoms with van der Waals surface area (Å²) >= 11 is 12.2. The van der Waals surface area contributed by atoms with E-state index in [9.17, 15) is 8.42 Å². The van der Waals surface area contributed by atoms with Gasteiger partial charge >= 0.3 is 0 Å². The Kier molecular flexibility index (Phi) is 7.98. The average molecular weight is 353 g/mol. The fourth-order valence-corrected chi connectivity index (χ4v) is 3.94.